The molecule has 198 valence electrons. The Bertz CT molecular complexity index is 1330. The van der Waals surface area contributed by atoms with Gasteiger partial charge in [-0.3, -0.25) is 14.8 Å². The summed E-state index contributed by atoms with van der Waals surface area (Å²) in [4.78, 5) is 21.3. The monoisotopic (exact) mass is 514 g/mol. The topological polar surface area (TPSA) is 104 Å². The van der Waals surface area contributed by atoms with Crippen molar-refractivity contribution in [2.75, 3.05) is 37.0 Å². The SMILES string of the molecule is COC1CN(c2nn(CC(C)C)c3cc(-c4[nH]ncc4NC(=O)N4CC(F)(F)CCC45CC5)ncc23)C1. The number of nitrogens with one attached hydrogen (secondary N) is 2. The maximum atomic E-state index is 14.1. The van der Waals surface area contributed by atoms with E-state index in [1.54, 1.807) is 13.3 Å². The molecule has 3 aliphatic rings. The first-order valence-corrected chi connectivity index (χ1v) is 12.8. The van der Waals surface area contributed by atoms with Crippen LogP contribution in [0, 0.1) is 5.92 Å². The summed E-state index contributed by atoms with van der Waals surface area (Å²) in [7, 11) is 1.72. The van der Waals surface area contributed by atoms with Gasteiger partial charge in [0.15, 0.2) is 5.82 Å². The number of hydrogen-bond donors (Lipinski definition) is 2. The van der Waals surface area contributed by atoms with Crippen LogP contribution in [-0.2, 0) is 11.3 Å². The van der Waals surface area contributed by atoms with E-state index < -0.39 is 24.0 Å². The largest absolute Gasteiger partial charge is 0.378 e. The van der Waals surface area contributed by atoms with Gasteiger partial charge in [-0.15, -0.1) is 0 Å². The summed E-state index contributed by atoms with van der Waals surface area (Å²) >= 11 is 0. The van der Waals surface area contributed by atoms with E-state index in [0.29, 0.717) is 29.4 Å². The Hall–Kier alpha value is -3.28. The minimum atomic E-state index is -2.87. The number of carbonyl (C=O) groups excluding carboxylic acids is 1. The van der Waals surface area contributed by atoms with E-state index >= 15 is 0 Å². The number of carbonyl (C=O) groups is 1. The first kappa shape index (κ1) is 24.1. The molecule has 3 fully saturated rings. The number of likely N-dealkylation sites (tertiary alicyclic amines) is 1. The molecular formula is C25H32F2N8O2. The van der Waals surface area contributed by atoms with Crippen molar-refractivity contribution >= 4 is 28.4 Å². The average Bonchev–Trinajstić information content (AvgIpc) is 3.32. The Labute approximate surface area is 213 Å². The van der Waals surface area contributed by atoms with Crippen molar-refractivity contribution in [3.63, 3.8) is 0 Å². The molecule has 0 unspecified atom stereocenters. The Morgan fingerprint density at radius 3 is 2.70 bits per heavy atom. The van der Waals surface area contributed by atoms with Gasteiger partial charge in [0, 0.05) is 44.9 Å². The number of ether oxygens (including phenoxy) is 1. The molecule has 3 aromatic heterocycles. The summed E-state index contributed by atoms with van der Waals surface area (Å²) in [5.74, 6) is -1.61. The average molecular weight is 515 g/mol. The van der Waals surface area contributed by atoms with E-state index in [9.17, 15) is 13.6 Å². The molecule has 2 N–H and O–H groups in total. The van der Waals surface area contributed by atoms with Crippen molar-refractivity contribution < 1.29 is 18.3 Å². The Kier molecular flexibility index (Phi) is 5.62. The molecular weight excluding hydrogens is 482 g/mol. The lowest BCUT2D eigenvalue weighted by atomic mass is 9.97. The molecule has 0 radical (unpaired) electrons. The highest BCUT2D eigenvalue weighted by Gasteiger charge is 2.57. The number of pyridine rings is 1. The minimum Gasteiger partial charge on any atom is -0.378 e. The second-order valence-electron chi connectivity index (χ2n) is 11.0. The van der Waals surface area contributed by atoms with Gasteiger partial charge < -0.3 is 19.9 Å². The van der Waals surface area contributed by atoms with Crippen molar-refractivity contribution in [3.05, 3.63) is 18.5 Å². The number of H-pyrrole nitrogens is 1. The summed E-state index contributed by atoms with van der Waals surface area (Å²) < 4.78 is 35.7. The third-order valence-corrected chi connectivity index (χ3v) is 7.76. The number of aromatic amines is 1. The third-order valence-electron chi connectivity index (χ3n) is 7.76. The van der Waals surface area contributed by atoms with Crippen LogP contribution in [0.3, 0.4) is 0 Å². The second-order valence-corrected chi connectivity index (χ2v) is 11.0. The van der Waals surface area contributed by atoms with Gasteiger partial charge in [0.2, 0.25) is 0 Å². The van der Waals surface area contributed by atoms with Crippen LogP contribution in [0.15, 0.2) is 18.5 Å². The molecule has 2 saturated heterocycles. The number of alkyl halides is 2. The first-order valence-electron chi connectivity index (χ1n) is 12.8. The standard InChI is InChI=1S/C25H32F2N8O2/c1-15(2)11-35-20-8-18(28-9-17(20)22(32-35)33-12-16(13-33)37-3)21-19(10-29-31-21)30-23(36)34-14-25(26,27)7-6-24(34)4-5-24/h8-10,15-16H,4-7,11-14H2,1-3H3,(H,29,31)(H,30,36). The van der Waals surface area contributed by atoms with Crippen LogP contribution in [0.5, 0.6) is 0 Å². The molecule has 1 spiro atoms. The predicted molar refractivity (Wildman–Crippen MR) is 135 cm³/mol. The van der Waals surface area contributed by atoms with Gasteiger partial charge in [-0.05, 0) is 31.2 Å². The Morgan fingerprint density at radius 1 is 1.24 bits per heavy atom. The number of fused-ring (bicyclic) bond motifs is 1. The van der Waals surface area contributed by atoms with Gasteiger partial charge in [-0.2, -0.15) is 10.2 Å². The summed E-state index contributed by atoms with van der Waals surface area (Å²) in [5.41, 5.74) is 1.99. The smallest absolute Gasteiger partial charge is 0.322 e. The molecule has 0 bridgehead atoms. The molecule has 2 amide bonds. The van der Waals surface area contributed by atoms with Crippen molar-refractivity contribution in [2.24, 2.45) is 5.92 Å². The van der Waals surface area contributed by atoms with Crippen molar-refractivity contribution in [3.8, 4) is 11.4 Å². The fourth-order valence-corrected chi connectivity index (χ4v) is 5.41. The highest BCUT2D eigenvalue weighted by Crippen LogP contribution is 2.51. The van der Waals surface area contributed by atoms with Crippen LogP contribution in [0.25, 0.3) is 22.3 Å². The van der Waals surface area contributed by atoms with Gasteiger partial charge >= 0.3 is 6.03 Å². The Morgan fingerprint density at radius 2 is 2.00 bits per heavy atom. The number of halogens is 2. The molecule has 1 saturated carbocycles. The maximum Gasteiger partial charge on any atom is 0.322 e. The van der Waals surface area contributed by atoms with Crippen LogP contribution >= 0.6 is 0 Å². The van der Waals surface area contributed by atoms with Crippen LogP contribution in [-0.4, -0.2) is 80.2 Å². The normalized spacial score (nSPS) is 20.6. The van der Waals surface area contributed by atoms with Crippen LogP contribution in [0.2, 0.25) is 0 Å². The molecule has 0 aromatic carbocycles. The van der Waals surface area contributed by atoms with E-state index in [1.165, 1.54) is 11.1 Å². The number of methoxy groups -OCH3 is 1. The van der Waals surface area contributed by atoms with Crippen molar-refractivity contribution in [1.82, 2.24) is 29.9 Å². The number of piperidine rings is 1. The maximum absolute atomic E-state index is 14.1. The molecule has 2 aliphatic heterocycles. The predicted octanol–water partition coefficient (Wildman–Crippen LogP) is 4.11. The van der Waals surface area contributed by atoms with Crippen molar-refractivity contribution in [1.29, 1.82) is 0 Å². The first-order chi connectivity index (χ1) is 17.7. The van der Waals surface area contributed by atoms with Crippen LogP contribution in [0.1, 0.15) is 39.5 Å². The zero-order chi connectivity index (χ0) is 25.9. The molecule has 6 rings (SSSR count). The molecule has 0 atom stereocenters. The number of rotatable bonds is 6. The second kappa shape index (κ2) is 8.64. The highest BCUT2D eigenvalue weighted by molar-refractivity contribution is 5.96. The van der Waals surface area contributed by atoms with Gasteiger partial charge in [0.05, 0.1) is 41.1 Å². The number of amides is 2. The molecule has 1 aliphatic carbocycles. The summed E-state index contributed by atoms with van der Waals surface area (Å²) in [6.07, 6.45) is 5.16. The number of nitrogens with zero attached hydrogens (tertiary/aromatic N) is 6. The van der Waals surface area contributed by atoms with E-state index in [1.807, 2.05) is 10.7 Å². The van der Waals surface area contributed by atoms with Crippen LogP contribution in [0.4, 0.5) is 25.1 Å². The van der Waals surface area contributed by atoms with Gasteiger partial charge in [-0.25, -0.2) is 13.6 Å². The van der Waals surface area contributed by atoms with Gasteiger partial charge in [-0.1, -0.05) is 13.8 Å². The fraction of sp³-hybridized carbons (Fsp3) is 0.600. The van der Waals surface area contributed by atoms with Crippen molar-refractivity contribution in [2.45, 2.75) is 63.6 Å². The van der Waals surface area contributed by atoms with Gasteiger partial charge in [0.1, 0.15) is 5.69 Å². The summed E-state index contributed by atoms with van der Waals surface area (Å²) in [6.45, 7) is 6.01. The lowest BCUT2D eigenvalue weighted by molar-refractivity contribution is -0.0721. The number of urea groups is 1. The highest BCUT2D eigenvalue weighted by atomic mass is 19.3. The van der Waals surface area contributed by atoms with E-state index in [4.69, 9.17) is 9.84 Å². The molecule has 12 heteroatoms. The zero-order valence-electron chi connectivity index (χ0n) is 21.3. The molecule has 10 nitrogen and oxygen atoms in total. The van der Waals surface area contributed by atoms with E-state index in [0.717, 1.165) is 49.2 Å². The lowest BCUT2D eigenvalue weighted by Gasteiger charge is -2.40. The van der Waals surface area contributed by atoms with E-state index in [-0.39, 0.29) is 12.5 Å². The number of anilines is 2. The summed E-state index contributed by atoms with van der Waals surface area (Å²) in [6, 6.07) is 1.40. The third kappa shape index (κ3) is 4.30. The molecule has 37 heavy (non-hydrogen) atoms. The fourth-order valence-electron chi connectivity index (χ4n) is 5.41. The Balaban J connectivity index is 1.29. The molecule has 5 heterocycles. The van der Waals surface area contributed by atoms with E-state index in [2.05, 4.69) is 39.2 Å². The lowest BCUT2D eigenvalue weighted by Crippen LogP contribution is -2.54. The number of hydrogen-bond acceptors (Lipinski definition) is 6. The molecule has 3 aromatic rings. The van der Waals surface area contributed by atoms with Crippen LogP contribution < -0.4 is 10.2 Å². The quantitative estimate of drug-likeness (QED) is 0.513. The zero-order valence-corrected chi connectivity index (χ0v) is 21.3. The summed E-state index contributed by atoms with van der Waals surface area (Å²) in [5, 5.41) is 15.7. The van der Waals surface area contributed by atoms with Gasteiger partial charge in [0.25, 0.3) is 5.92 Å². The minimum absolute atomic E-state index is 0.173. The number of aromatic nitrogens is 5.